The van der Waals surface area contributed by atoms with Crippen LogP contribution in [0.1, 0.15) is 15.9 Å². The Kier molecular flexibility index (Phi) is 4.81. The summed E-state index contributed by atoms with van der Waals surface area (Å²) in [5.74, 6) is -0.189. The van der Waals surface area contributed by atoms with Crippen LogP contribution in [-0.2, 0) is 4.84 Å². The van der Waals surface area contributed by atoms with Crippen LogP contribution in [0.4, 0.5) is 0 Å². The van der Waals surface area contributed by atoms with Crippen molar-refractivity contribution in [3.63, 3.8) is 0 Å². The lowest BCUT2D eigenvalue weighted by Crippen LogP contribution is -2.26. The van der Waals surface area contributed by atoms with E-state index in [0.717, 1.165) is 16.8 Å². The first-order valence-corrected chi connectivity index (χ1v) is 7.64. The summed E-state index contributed by atoms with van der Waals surface area (Å²) in [6, 6.07) is 8.74. The first kappa shape index (κ1) is 15.8. The molecule has 0 saturated heterocycles. The van der Waals surface area contributed by atoms with Gasteiger partial charge >= 0.3 is 0 Å². The quantitative estimate of drug-likeness (QED) is 0.890. The number of aromatic nitrogens is 1. The Morgan fingerprint density at radius 2 is 2.17 bits per heavy atom. The summed E-state index contributed by atoms with van der Waals surface area (Å²) in [4.78, 5) is 21.3. The molecule has 23 heavy (non-hydrogen) atoms. The second kappa shape index (κ2) is 7.00. The predicted octanol–water partition coefficient (Wildman–Crippen LogP) is 3.06. The number of rotatable bonds is 4. The Hall–Kier alpha value is -2.08. The van der Waals surface area contributed by atoms with Crippen LogP contribution >= 0.6 is 23.2 Å². The largest absolute Gasteiger partial charge is 0.348 e. The third-order valence-electron chi connectivity index (χ3n) is 3.37. The Morgan fingerprint density at radius 1 is 1.30 bits per heavy atom. The fourth-order valence-electron chi connectivity index (χ4n) is 2.18. The zero-order valence-electron chi connectivity index (χ0n) is 12.0. The van der Waals surface area contributed by atoms with E-state index in [0.29, 0.717) is 28.8 Å². The molecule has 0 atom stereocenters. The van der Waals surface area contributed by atoms with Gasteiger partial charge in [-0.2, -0.15) is 0 Å². The topological polar surface area (TPSA) is 63.2 Å². The van der Waals surface area contributed by atoms with Crippen LogP contribution in [0.2, 0.25) is 10.0 Å². The number of hydrogen-bond acceptors (Lipinski definition) is 4. The minimum atomic E-state index is -0.189. The first-order chi connectivity index (χ1) is 11.1. The number of benzene rings is 1. The highest BCUT2D eigenvalue weighted by Crippen LogP contribution is 2.28. The molecule has 0 fully saturated rings. The van der Waals surface area contributed by atoms with E-state index >= 15 is 0 Å². The highest BCUT2D eigenvalue weighted by atomic mass is 35.5. The number of carbonyl (C=O) groups excluding carboxylic acids is 1. The number of pyridine rings is 1. The van der Waals surface area contributed by atoms with Gasteiger partial charge < -0.3 is 5.32 Å². The molecule has 2 aromatic rings. The molecule has 1 aliphatic rings. The number of hydrogen-bond donors (Lipinski definition) is 2. The number of halogens is 2. The molecule has 0 unspecified atom stereocenters. The summed E-state index contributed by atoms with van der Waals surface area (Å²) in [5.41, 5.74) is 5.91. The van der Waals surface area contributed by atoms with Gasteiger partial charge in [0.1, 0.15) is 0 Å². The molecule has 1 amide bonds. The van der Waals surface area contributed by atoms with Gasteiger partial charge in [0.05, 0.1) is 27.9 Å². The van der Waals surface area contributed by atoms with Gasteiger partial charge in [0.15, 0.2) is 0 Å². The smallest absolute Gasteiger partial charge is 0.253 e. The van der Waals surface area contributed by atoms with E-state index in [1.165, 1.54) is 6.20 Å². The molecule has 2 heterocycles. The lowest BCUT2D eigenvalue weighted by Gasteiger charge is -2.08. The van der Waals surface area contributed by atoms with Crippen molar-refractivity contribution in [3.8, 4) is 0 Å². The molecular weight excluding hydrogens is 337 g/mol. The molecule has 7 heteroatoms. The van der Waals surface area contributed by atoms with E-state index in [-0.39, 0.29) is 5.91 Å². The lowest BCUT2D eigenvalue weighted by atomic mass is 10.1. The van der Waals surface area contributed by atoms with Crippen molar-refractivity contribution in [2.24, 2.45) is 0 Å². The van der Waals surface area contributed by atoms with Gasteiger partial charge in [-0.25, -0.2) is 0 Å². The summed E-state index contributed by atoms with van der Waals surface area (Å²) >= 11 is 12.0. The van der Waals surface area contributed by atoms with Crippen LogP contribution < -0.4 is 10.8 Å². The molecule has 0 spiro atoms. The van der Waals surface area contributed by atoms with Gasteiger partial charge in [0.2, 0.25) is 0 Å². The monoisotopic (exact) mass is 349 g/mol. The number of nitrogens with zero attached hydrogens (tertiary/aromatic N) is 1. The molecular formula is C16H13Cl2N3O2. The van der Waals surface area contributed by atoms with Crippen molar-refractivity contribution in [1.29, 1.82) is 0 Å². The minimum absolute atomic E-state index is 0.189. The maximum Gasteiger partial charge on any atom is 0.253 e. The molecule has 1 aliphatic heterocycles. The van der Waals surface area contributed by atoms with E-state index in [9.17, 15) is 4.79 Å². The molecule has 1 aromatic carbocycles. The van der Waals surface area contributed by atoms with E-state index in [2.05, 4.69) is 15.8 Å². The van der Waals surface area contributed by atoms with Gasteiger partial charge in [0.25, 0.3) is 5.91 Å². The normalized spacial score (nSPS) is 13.8. The van der Waals surface area contributed by atoms with Gasteiger partial charge in [-0.3, -0.25) is 20.1 Å². The van der Waals surface area contributed by atoms with Gasteiger partial charge in [-0.1, -0.05) is 29.3 Å². The standard InChI is InChI=1S/C16H13Cl2N3O2/c17-13-4-3-10(6-14(13)18)15-12(9-23-21-15)8-20-16(22)11-2-1-5-19-7-11/h1-7,21H,8-9H2,(H,20,22). The molecule has 5 nitrogen and oxygen atoms in total. The fraction of sp³-hybridized carbons (Fsp3) is 0.125. The second-order valence-electron chi connectivity index (χ2n) is 4.92. The van der Waals surface area contributed by atoms with Gasteiger partial charge in [0, 0.05) is 30.1 Å². The summed E-state index contributed by atoms with van der Waals surface area (Å²) in [6.45, 7) is 0.735. The third kappa shape index (κ3) is 3.64. The number of hydroxylamine groups is 1. The maximum atomic E-state index is 12.1. The van der Waals surface area contributed by atoms with Crippen LogP contribution in [0.3, 0.4) is 0 Å². The summed E-state index contributed by atoms with van der Waals surface area (Å²) < 4.78 is 0. The van der Waals surface area contributed by atoms with Crippen LogP contribution in [-0.4, -0.2) is 24.0 Å². The molecule has 0 radical (unpaired) electrons. The van der Waals surface area contributed by atoms with Crippen molar-refractivity contribution in [2.45, 2.75) is 0 Å². The van der Waals surface area contributed by atoms with Crippen molar-refractivity contribution in [2.75, 3.05) is 13.2 Å². The summed E-state index contributed by atoms with van der Waals surface area (Å²) in [7, 11) is 0. The van der Waals surface area contributed by atoms with Crippen LogP contribution in [0.25, 0.3) is 5.70 Å². The Labute approximate surface area is 143 Å². The second-order valence-corrected chi connectivity index (χ2v) is 5.74. The van der Waals surface area contributed by atoms with E-state index in [1.54, 1.807) is 30.5 Å². The number of carbonyl (C=O) groups is 1. The van der Waals surface area contributed by atoms with Crippen molar-refractivity contribution in [1.82, 2.24) is 15.8 Å². The van der Waals surface area contributed by atoms with Crippen LogP contribution in [0, 0.1) is 0 Å². The van der Waals surface area contributed by atoms with Crippen molar-refractivity contribution >= 4 is 34.8 Å². The number of amides is 1. The van der Waals surface area contributed by atoms with E-state index in [1.807, 2.05) is 6.07 Å². The fourth-order valence-corrected chi connectivity index (χ4v) is 2.48. The molecule has 0 aliphatic carbocycles. The van der Waals surface area contributed by atoms with Gasteiger partial charge in [-0.15, -0.1) is 0 Å². The Morgan fingerprint density at radius 3 is 2.91 bits per heavy atom. The summed E-state index contributed by atoms with van der Waals surface area (Å²) in [5, 5.41) is 3.80. The third-order valence-corrected chi connectivity index (χ3v) is 4.11. The molecule has 3 rings (SSSR count). The van der Waals surface area contributed by atoms with E-state index in [4.69, 9.17) is 28.0 Å². The molecule has 0 bridgehead atoms. The average molecular weight is 350 g/mol. The molecule has 118 valence electrons. The molecule has 0 saturated carbocycles. The lowest BCUT2D eigenvalue weighted by molar-refractivity contribution is 0.0951. The zero-order chi connectivity index (χ0) is 16.2. The van der Waals surface area contributed by atoms with E-state index < -0.39 is 0 Å². The molecule has 2 N–H and O–H groups in total. The average Bonchev–Trinajstić information content (AvgIpc) is 3.04. The van der Waals surface area contributed by atoms with Crippen LogP contribution in [0.15, 0.2) is 48.3 Å². The SMILES string of the molecule is O=C(NCC1=C(c2ccc(Cl)c(Cl)c2)NOC1)c1cccnc1. The van der Waals surface area contributed by atoms with Crippen molar-refractivity contribution < 1.29 is 9.63 Å². The van der Waals surface area contributed by atoms with Gasteiger partial charge in [-0.05, 0) is 24.3 Å². The highest BCUT2D eigenvalue weighted by molar-refractivity contribution is 6.42. The zero-order valence-corrected chi connectivity index (χ0v) is 13.5. The summed E-state index contributed by atoms with van der Waals surface area (Å²) in [6.07, 6.45) is 3.14. The Balaban J connectivity index is 1.75. The maximum absolute atomic E-state index is 12.1. The Bertz CT molecular complexity index is 763. The van der Waals surface area contributed by atoms with Crippen molar-refractivity contribution in [3.05, 3.63) is 69.5 Å². The minimum Gasteiger partial charge on any atom is -0.348 e. The number of nitrogens with one attached hydrogen (secondary N) is 2. The highest BCUT2D eigenvalue weighted by Gasteiger charge is 2.18. The predicted molar refractivity (Wildman–Crippen MR) is 89.0 cm³/mol. The molecule has 1 aromatic heterocycles. The first-order valence-electron chi connectivity index (χ1n) is 6.88. The van der Waals surface area contributed by atoms with Crippen LogP contribution in [0.5, 0.6) is 0 Å².